The quantitative estimate of drug-likeness (QED) is 0.887. The van der Waals surface area contributed by atoms with E-state index in [2.05, 4.69) is 15.6 Å². The summed E-state index contributed by atoms with van der Waals surface area (Å²) < 4.78 is 13.5. The molecule has 2 aromatic rings. The van der Waals surface area contributed by atoms with Crippen LogP contribution in [0, 0.1) is 5.82 Å². The maximum Gasteiger partial charge on any atom is 0.253 e. The molecule has 2 amide bonds. The summed E-state index contributed by atoms with van der Waals surface area (Å²) in [6.07, 6.45) is 4.78. The minimum absolute atomic E-state index is 0.0734. The van der Waals surface area contributed by atoms with Crippen LogP contribution in [0.25, 0.3) is 0 Å². The van der Waals surface area contributed by atoms with Gasteiger partial charge in [-0.1, -0.05) is 18.2 Å². The van der Waals surface area contributed by atoms with Crippen LogP contribution in [0.3, 0.4) is 0 Å². The van der Waals surface area contributed by atoms with Crippen LogP contribution < -0.4 is 10.6 Å². The average molecular weight is 313 g/mol. The molecule has 23 heavy (non-hydrogen) atoms. The van der Waals surface area contributed by atoms with E-state index < -0.39 is 5.91 Å². The van der Waals surface area contributed by atoms with E-state index in [1.165, 1.54) is 24.5 Å². The number of carbonyl (C=O) groups excluding carboxylic acids is 2. The molecule has 6 heteroatoms. The molecule has 1 fully saturated rings. The molecule has 1 heterocycles. The van der Waals surface area contributed by atoms with Crippen LogP contribution in [-0.4, -0.2) is 22.8 Å². The van der Waals surface area contributed by atoms with Crippen molar-refractivity contribution in [1.29, 1.82) is 0 Å². The number of carbonyl (C=O) groups is 2. The van der Waals surface area contributed by atoms with Crippen LogP contribution in [0.15, 0.2) is 42.7 Å². The molecule has 1 aromatic carbocycles. The monoisotopic (exact) mass is 313 g/mol. The van der Waals surface area contributed by atoms with E-state index in [1.54, 1.807) is 18.2 Å². The Hall–Kier alpha value is -2.76. The van der Waals surface area contributed by atoms with Crippen molar-refractivity contribution in [2.45, 2.75) is 25.4 Å². The Morgan fingerprint density at radius 1 is 1.13 bits per heavy atom. The number of nitrogens with one attached hydrogen (secondary N) is 2. The molecule has 0 bridgehead atoms. The fourth-order valence-electron chi connectivity index (χ4n) is 2.10. The molecule has 1 saturated carbocycles. The molecule has 0 saturated heterocycles. The molecular formula is C17H16FN3O2. The Labute approximate surface area is 132 Å². The van der Waals surface area contributed by atoms with Crippen LogP contribution in [0.2, 0.25) is 0 Å². The number of rotatable bonds is 5. The topological polar surface area (TPSA) is 71.1 Å². The zero-order chi connectivity index (χ0) is 16.2. The zero-order valence-electron chi connectivity index (χ0n) is 12.4. The number of aromatic nitrogens is 1. The minimum Gasteiger partial charge on any atom is -0.349 e. The number of hydrogen-bond acceptors (Lipinski definition) is 3. The summed E-state index contributed by atoms with van der Waals surface area (Å²) >= 11 is 0. The van der Waals surface area contributed by atoms with Crippen LogP contribution in [0.4, 0.5) is 4.39 Å². The SMILES string of the molecule is O=C(NCc1ccccc1F)c1cncc(C(=O)NC2CC2)c1. The van der Waals surface area contributed by atoms with Gasteiger partial charge in [0.25, 0.3) is 11.8 Å². The number of pyridine rings is 1. The maximum absolute atomic E-state index is 13.5. The van der Waals surface area contributed by atoms with Gasteiger partial charge in [0.15, 0.2) is 0 Å². The molecule has 0 spiro atoms. The zero-order valence-corrected chi connectivity index (χ0v) is 12.4. The van der Waals surface area contributed by atoms with Gasteiger partial charge in [-0.25, -0.2) is 4.39 Å². The third kappa shape index (κ3) is 3.91. The van der Waals surface area contributed by atoms with Crippen molar-refractivity contribution < 1.29 is 14.0 Å². The first kappa shape index (κ1) is 15.1. The first-order chi connectivity index (χ1) is 11.1. The summed E-state index contributed by atoms with van der Waals surface area (Å²) in [7, 11) is 0. The molecule has 1 aliphatic carbocycles. The smallest absolute Gasteiger partial charge is 0.253 e. The molecule has 5 nitrogen and oxygen atoms in total. The molecule has 0 unspecified atom stereocenters. The van der Waals surface area contributed by atoms with Crippen molar-refractivity contribution in [2.75, 3.05) is 0 Å². The van der Waals surface area contributed by atoms with Crippen LogP contribution in [-0.2, 0) is 6.54 Å². The first-order valence-electron chi connectivity index (χ1n) is 7.41. The molecule has 0 atom stereocenters. The van der Waals surface area contributed by atoms with E-state index in [4.69, 9.17) is 0 Å². The van der Waals surface area contributed by atoms with Gasteiger partial charge in [-0.2, -0.15) is 0 Å². The van der Waals surface area contributed by atoms with E-state index in [1.807, 2.05) is 0 Å². The lowest BCUT2D eigenvalue weighted by molar-refractivity contribution is 0.0950. The Balaban J connectivity index is 1.65. The van der Waals surface area contributed by atoms with E-state index in [-0.39, 0.29) is 29.9 Å². The minimum atomic E-state index is -0.401. The average Bonchev–Trinajstić information content (AvgIpc) is 3.38. The Kier molecular flexibility index (Phi) is 4.32. The Bertz CT molecular complexity index is 744. The fraction of sp³-hybridized carbons (Fsp3) is 0.235. The van der Waals surface area contributed by atoms with Gasteiger partial charge in [-0.15, -0.1) is 0 Å². The van der Waals surface area contributed by atoms with Gasteiger partial charge in [0.1, 0.15) is 5.82 Å². The standard InChI is InChI=1S/C17H16FN3O2/c18-15-4-2-1-3-11(15)10-20-16(22)12-7-13(9-19-8-12)17(23)21-14-5-6-14/h1-4,7-9,14H,5-6,10H2,(H,20,22)(H,21,23). The van der Waals surface area contributed by atoms with Crippen molar-refractivity contribution in [2.24, 2.45) is 0 Å². The Morgan fingerprint density at radius 2 is 1.83 bits per heavy atom. The van der Waals surface area contributed by atoms with Gasteiger partial charge >= 0.3 is 0 Å². The molecule has 1 aromatic heterocycles. The second kappa shape index (κ2) is 6.56. The van der Waals surface area contributed by atoms with Crippen molar-refractivity contribution >= 4 is 11.8 Å². The maximum atomic E-state index is 13.5. The predicted molar refractivity (Wildman–Crippen MR) is 82.3 cm³/mol. The van der Waals surface area contributed by atoms with Gasteiger partial charge in [0, 0.05) is 30.5 Å². The molecule has 0 radical (unpaired) electrons. The second-order valence-electron chi connectivity index (χ2n) is 5.48. The van der Waals surface area contributed by atoms with Crippen molar-refractivity contribution in [1.82, 2.24) is 15.6 Å². The number of benzene rings is 1. The van der Waals surface area contributed by atoms with Crippen molar-refractivity contribution in [3.63, 3.8) is 0 Å². The predicted octanol–water partition coefficient (Wildman–Crippen LogP) is 2.04. The second-order valence-corrected chi connectivity index (χ2v) is 5.48. The summed E-state index contributed by atoms with van der Waals surface area (Å²) in [5.41, 5.74) is 1.01. The lowest BCUT2D eigenvalue weighted by Crippen LogP contribution is -2.27. The summed E-state index contributed by atoms with van der Waals surface area (Å²) in [5.74, 6) is -1.01. The highest BCUT2D eigenvalue weighted by Gasteiger charge is 2.24. The van der Waals surface area contributed by atoms with Gasteiger partial charge in [0.2, 0.25) is 0 Å². The fourth-order valence-corrected chi connectivity index (χ4v) is 2.10. The Morgan fingerprint density at radius 3 is 2.52 bits per heavy atom. The molecule has 1 aliphatic rings. The van der Waals surface area contributed by atoms with Crippen molar-refractivity contribution in [3.05, 3.63) is 65.2 Å². The number of nitrogens with zero attached hydrogens (tertiary/aromatic N) is 1. The molecule has 3 rings (SSSR count). The van der Waals surface area contributed by atoms with E-state index in [0.29, 0.717) is 11.1 Å². The molecule has 2 N–H and O–H groups in total. The van der Waals surface area contributed by atoms with E-state index in [9.17, 15) is 14.0 Å². The van der Waals surface area contributed by atoms with Crippen LogP contribution in [0.1, 0.15) is 39.1 Å². The highest BCUT2D eigenvalue weighted by atomic mass is 19.1. The number of hydrogen-bond donors (Lipinski definition) is 2. The van der Waals surface area contributed by atoms with Gasteiger partial charge in [-0.05, 0) is 25.0 Å². The lowest BCUT2D eigenvalue weighted by Gasteiger charge is -2.08. The van der Waals surface area contributed by atoms with Gasteiger partial charge in [0.05, 0.1) is 11.1 Å². The van der Waals surface area contributed by atoms with Crippen LogP contribution in [0.5, 0.6) is 0 Å². The molecule has 0 aliphatic heterocycles. The largest absolute Gasteiger partial charge is 0.349 e. The summed E-state index contributed by atoms with van der Waals surface area (Å²) in [4.78, 5) is 28.0. The summed E-state index contributed by atoms with van der Waals surface area (Å²) in [5, 5.41) is 5.47. The van der Waals surface area contributed by atoms with Crippen molar-refractivity contribution in [3.8, 4) is 0 Å². The molecule has 118 valence electrons. The third-order valence-electron chi connectivity index (χ3n) is 3.57. The van der Waals surface area contributed by atoms with E-state index in [0.717, 1.165) is 12.8 Å². The summed E-state index contributed by atoms with van der Waals surface area (Å²) in [6.45, 7) is 0.0734. The van der Waals surface area contributed by atoms with Gasteiger partial charge in [-0.3, -0.25) is 14.6 Å². The number of halogens is 1. The van der Waals surface area contributed by atoms with E-state index >= 15 is 0 Å². The first-order valence-corrected chi connectivity index (χ1v) is 7.41. The van der Waals surface area contributed by atoms with Gasteiger partial charge < -0.3 is 10.6 Å². The normalized spacial score (nSPS) is 13.4. The van der Waals surface area contributed by atoms with Crippen LogP contribution >= 0.6 is 0 Å². The third-order valence-corrected chi connectivity index (χ3v) is 3.57. The summed E-state index contributed by atoms with van der Waals surface area (Å²) in [6, 6.07) is 7.96. The molecular weight excluding hydrogens is 297 g/mol. The highest BCUT2D eigenvalue weighted by molar-refractivity contribution is 5.99. The highest BCUT2D eigenvalue weighted by Crippen LogP contribution is 2.19. The number of amides is 2. The lowest BCUT2D eigenvalue weighted by atomic mass is 10.1.